The molecule has 5 rings (SSSR count). The van der Waals surface area contributed by atoms with Crippen LogP contribution in [-0.2, 0) is 16.1 Å². The van der Waals surface area contributed by atoms with Gasteiger partial charge in [0, 0.05) is 44.3 Å². The predicted octanol–water partition coefficient (Wildman–Crippen LogP) is 3.54. The maximum atomic E-state index is 13.3. The lowest BCUT2D eigenvalue weighted by Gasteiger charge is -2.26. The van der Waals surface area contributed by atoms with E-state index in [1.54, 1.807) is 36.7 Å². The lowest BCUT2D eigenvalue weighted by Crippen LogP contribution is -2.29. The van der Waals surface area contributed by atoms with E-state index in [2.05, 4.69) is 4.98 Å². The summed E-state index contributed by atoms with van der Waals surface area (Å²) in [5.74, 6) is -0.606. The van der Waals surface area contributed by atoms with Gasteiger partial charge in [0.05, 0.1) is 11.6 Å². The fraction of sp³-hybridized carbons (Fsp3) is 0.222. The molecule has 2 aliphatic rings. The summed E-state index contributed by atoms with van der Waals surface area (Å²) in [5, 5.41) is 11.3. The smallest absolute Gasteiger partial charge is 0.295 e. The number of ketones is 1. The van der Waals surface area contributed by atoms with Gasteiger partial charge in [-0.15, -0.1) is 0 Å². The molecule has 8 nitrogen and oxygen atoms in total. The van der Waals surface area contributed by atoms with Crippen LogP contribution in [0.2, 0.25) is 0 Å². The summed E-state index contributed by atoms with van der Waals surface area (Å²) < 4.78 is 11.2. The third kappa shape index (κ3) is 4.19. The molecule has 3 heterocycles. The van der Waals surface area contributed by atoms with Crippen LogP contribution >= 0.6 is 0 Å². The first-order chi connectivity index (χ1) is 16.9. The fourth-order valence-electron chi connectivity index (χ4n) is 4.38. The first-order valence-corrected chi connectivity index (χ1v) is 11.3. The van der Waals surface area contributed by atoms with E-state index in [1.165, 1.54) is 4.90 Å². The van der Waals surface area contributed by atoms with E-state index in [1.807, 2.05) is 49.3 Å². The van der Waals surface area contributed by atoms with Crippen LogP contribution in [-0.4, -0.2) is 54.0 Å². The zero-order valence-electron chi connectivity index (χ0n) is 19.5. The first kappa shape index (κ1) is 22.5. The topological polar surface area (TPSA) is 92.2 Å². The molecule has 0 bridgehead atoms. The minimum atomic E-state index is -0.764. The van der Waals surface area contributed by atoms with E-state index in [9.17, 15) is 14.7 Å². The molecule has 1 N–H and O–H groups in total. The Morgan fingerprint density at radius 1 is 1.06 bits per heavy atom. The monoisotopic (exact) mass is 471 g/mol. The molecule has 1 saturated heterocycles. The highest BCUT2D eigenvalue weighted by Crippen LogP contribution is 2.42. The van der Waals surface area contributed by atoms with Crippen LogP contribution in [0.5, 0.6) is 11.5 Å². The second kappa shape index (κ2) is 9.13. The van der Waals surface area contributed by atoms with Crippen molar-refractivity contribution >= 4 is 23.1 Å². The summed E-state index contributed by atoms with van der Waals surface area (Å²) in [6, 6.07) is 15.4. The third-order valence-electron chi connectivity index (χ3n) is 6.16. The Bertz CT molecular complexity index is 1300. The van der Waals surface area contributed by atoms with Gasteiger partial charge in [0.25, 0.3) is 11.7 Å². The van der Waals surface area contributed by atoms with Crippen molar-refractivity contribution in [3.8, 4) is 11.5 Å². The van der Waals surface area contributed by atoms with Crippen LogP contribution in [0.1, 0.15) is 22.7 Å². The third-order valence-corrected chi connectivity index (χ3v) is 6.16. The average molecular weight is 472 g/mol. The summed E-state index contributed by atoms with van der Waals surface area (Å²) >= 11 is 0. The maximum Gasteiger partial charge on any atom is 0.295 e. The molecule has 35 heavy (non-hydrogen) atoms. The zero-order chi connectivity index (χ0) is 24.5. The molecular formula is C27H25N3O5. The number of aliphatic hydroxyl groups is 1. The minimum Gasteiger partial charge on any atom is -0.507 e. The number of likely N-dealkylation sites (tertiary alicyclic amines) is 1. The molecule has 2 aromatic carbocycles. The van der Waals surface area contributed by atoms with Gasteiger partial charge < -0.3 is 24.4 Å². The zero-order valence-corrected chi connectivity index (χ0v) is 19.5. The normalized spacial score (nSPS) is 18.6. The SMILES string of the molecule is CN(C)c1ccc([C@@H]2/C(=C(\O)c3ccc4c(c3)OCCO4)C(=O)C(=O)N2Cc2cccnc2)cc1. The number of hydrogen-bond donors (Lipinski definition) is 1. The molecule has 0 aliphatic carbocycles. The highest BCUT2D eigenvalue weighted by atomic mass is 16.6. The van der Waals surface area contributed by atoms with Gasteiger partial charge in [0.15, 0.2) is 11.5 Å². The molecule has 0 spiro atoms. The molecule has 2 aliphatic heterocycles. The molecule has 178 valence electrons. The van der Waals surface area contributed by atoms with E-state index < -0.39 is 17.7 Å². The number of Topliss-reactive ketones (excluding diaryl/α,β-unsaturated/α-hetero) is 1. The van der Waals surface area contributed by atoms with Gasteiger partial charge in [0.1, 0.15) is 19.0 Å². The Labute approximate surface area is 203 Å². The predicted molar refractivity (Wildman–Crippen MR) is 130 cm³/mol. The number of ether oxygens (including phenoxy) is 2. The Balaban J connectivity index is 1.62. The number of amides is 1. The standard InChI is InChI=1S/C27H25N3O5/c1-29(2)20-8-5-18(6-9-20)24-23(25(31)19-7-10-21-22(14-19)35-13-12-34-21)26(32)27(33)30(24)16-17-4-3-11-28-15-17/h3-11,14-15,24,31H,12-13,16H2,1-2H3/b25-23+/t24-/m1/s1. The number of aliphatic hydroxyl groups excluding tert-OH is 1. The Morgan fingerprint density at radius 2 is 1.80 bits per heavy atom. The van der Waals surface area contributed by atoms with E-state index in [0.717, 1.165) is 16.8 Å². The van der Waals surface area contributed by atoms with Crippen molar-refractivity contribution in [2.24, 2.45) is 0 Å². The maximum absolute atomic E-state index is 13.3. The summed E-state index contributed by atoms with van der Waals surface area (Å²) in [4.78, 5) is 34.1. The molecule has 3 aromatic rings. The summed E-state index contributed by atoms with van der Waals surface area (Å²) in [6.45, 7) is 1.02. The van der Waals surface area contributed by atoms with Crippen molar-refractivity contribution in [3.05, 3.63) is 89.3 Å². The van der Waals surface area contributed by atoms with Crippen LogP contribution in [0.15, 0.2) is 72.6 Å². The molecule has 0 unspecified atom stereocenters. The summed E-state index contributed by atoms with van der Waals surface area (Å²) in [5.41, 5.74) is 2.89. The number of carbonyl (C=O) groups is 2. The van der Waals surface area contributed by atoms with Crippen molar-refractivity contribution in [2.45, 2.75) is 12.6 Å². The molecule has 1 amide bonds. The van der Waals surface area contributed by atoms with Gasteiger partial charge in [-0.3, -0.25) is 14.6 Å². The molecule has 1 fully saturated rings. The molecule has 1 aromatic heterocycles. The van der Waals surface area contributed by atoms with Gasteiger partial charge in [-0.1, -0.05) is 18.2 Å². The quantitative estimate of drug-likeness (QED) is 0.346. The number of hydrogen-bond acceptors (Lipinski definition) is 7. The molecule has 0 radical (unpaired) electrons. The summed E-state index contributed by atoms with van der Waals surface area (Å²) in [7, 11) is 3.87. The van der Waals surface area contributed by atoms with Gasteiger partial charge in [-0.25, -0.2) is 0 Å². The second-order valence-corrected chi connectivity index (χ2v) is 8.63. The highest BCUT2D eigenvalue weighted by molar-refractivity contribution is 6.46. The van der Waals surface area contributed by atoms with Crippen molar-refractivity contribution in [1.82, 2.24) is 9.88 Å². The van der Waals surface area contributed by atoms with Gasteiger partial charge >= 0.3 is 0 Å². The van der Waals surface area contributed by atoms with Crippen LogP contribution in [0.4, 0.5) is 5.69 Å². The number of rotatable bonds is 5. The number of nitrogens with zero attached hydrogens (tertiary/aromatic N) is 3. The van der Waals surface area contributed by atoms with Crippen molar-refractivity contribution in [1.29, 1.82) is 0 Å². The average Bonchev–Trinajstić information content (AvgIpc) is 3.13. The number of aromatic nitrogens is 1. The second-order valence-electron chi connectivity index (χ2n) is 8.63. The van der Waals surface area contributed by atoms with E-state index in [0.29, 0.717) is 30.3 Å². The Kier molecular flexibility index (Phi) is 5.86. The van der Waals surface area contributed by atoms with Crippen LogP contribution < -0.4 is 14.4 Å². The number of anilines is 1. The molecule has 1 atom stereocenters. The van der Waals surface area contributed by atoms with Crippen molar-refractivity contribution in [3.63, 3.8) is 0 Å². The Morgan fingerprint density at radius 3 is 2.49 bits per heavy atom. The molecular weight excluding hydrogens is 446 g/mol. The van der Waals surface area contributed by atoms with Crippen LogP contribution in [0, 0.1) is 0 Å². The number of pyridine rings is 1. The highest BCUT2D eigenvalue weighted by Gasteiger charge is 2.46. The molecule has 0 saturated carbocycles. The minimum absolute atomic E-state index is 0.0353. The van der Waals surface area contributed by atoms with Crippen molar-refractivity contribution < 1.29 is 24.2 Å². The number of benzene rings is 2. The van der Waals surface area contributed by atoms with Gasteiger partial charge in [-0.05, 0) is 47.5 Å². The largest absolute Gasteiger partial charge is 0.507 e. The van der Waals surface area contributed by atoms with E-state index in [-0.39, 0.29) is 17.9 Å². The van der Waals surface area contributed by atoms with E-state index in [4.69, 9.17) is 9.47 Å². The number of fused-ring (bicyclic) bond motifs is 1. The molecule has 8 heteroatoms. The first-order valence-electron chi connectivity index (χ1n) is 11.3. The van der Waals surface area contributed by atoms with Gasteiger partial charge in [-0.2, -0.15) is 0 Å². The lowest BCUT2D eigenvalue weighted by molar-refractivity contribution is -0.140. The lowest BCUT2D eigenvalue weighted by atomic mass is 9.94. The fourth-order valence-corrected chi connectivity index (χ4v) is 4.38. The summed E-state index contributed by atoms with van der Waals surface area (Å²) in [6.07, 6.45) is 3.31. The van der Waals surface area contributed by atoms with Crippen molar-refractivity contribution in [2.75, 3.05) is 32.2 Å². The Hall–Kier alpha value is -4.33. The number of carbonyl (C=O) groups excluding carboxylic acids is 2. The van der Waals surface area contributed by atoms with Crippen LogP contribution in [0.25, 0.3) is 5.76 Å². The van der Waals surface area contributed by atoms with E-state index >= 15 is 0 Å². The van der Waals surface area contributed by atoms with Crippen LogP contribution in [0.3, 0.4) is 0 Å². The van der Waals surface area contributed by atoms with Gasteiger partial charge in [0.2, 0.25) is 0 Å².